The largest absolute Gasteiger partial charge is 0.309 e. The predicted octanol–water partition coefficient (Wildman–Crippen LogP) is 2.53. The Morgan fingerprint density at radius 3 is 2.71 bits per heavy atom. The molecule has 17 heavy (non-hydrogen) atoms. The van der Waals surface area contributed by atoms with E-state index in [0.29, 0.717) is 12.1 Å². The molecule has 0 radical (unpaired) electrons. The molecule has 2 rings (SSSR count). The summed E-state index contributed by atoms with van der Waals surface area (Å²) in [7, 11) is 0. The Morgan fingerprint density at radius 2 is 2.06 bits per heavy atom. The van der Waals surface area contributed by atoms with Gasteiger partial charge < -0.3 is 5.32 Å². The van der Waals surface area contributed by atoms with Gasteiger partial charge in [0.25, 0.3) is 0 Å². The van der Waals surface area contributed by atoms with Crippen LogP contribution in [0.4, 0.5) is 0 Å². The topological polar surface area (TPSA) is 42.7 Å². The van der Waals surface area contributed by atoms with Gasteiger partial charge in [0, 0.05) is 12.6 Å². The molecular weight excluding hydrogens is 212 g/mol. The third kappa shape index (κ3) is 3.53. The van der Waals surface area contributed by atoms with Crippen molar-refractivity contribution in [3.63, 3.8) is 0 Å². The first-order valence-corrected chi connectivity index (χ1v) is 6.79. The van der Waals surface area contributed by atoms with Crippen LogP contribution in [0.2, 0.25) is 0 Å². The standard InChI is InChI=1S/C13H24N4/c1-10(2)14-8-12-9-17(16-15-12)13-6-4-11(3)5-7-13/h9-11,13-14H,4-8H2,1-3H3. The molecule has 0 aromatic carbocycles. The zero-order valence-corrected chi connectivity index (χ0v) is 11.2. The minimum atomic E-state index is 0.496. The highest BCUT2D eigenvalue weighted by Gasteiger charge is 2.20. The molecule has 1 aromatic heterocycles. The number of rotatable bonds is 4. The van der Waals surface area contributed by atoms with E-state index in [1.807, 2.05) is 0 Å². The van der Waals surface area contributed by atoms with E-state index in [4.69, 9.17) is 0 Å². The number of hydrogen-bond acceptors (Lipinski definition) is 3. The Bertz CT molecular complexity index is 337. The fourth-order valence-electron chi connectivity index (χ4n) is 2.39. The van der Waals surface area contributed by atoms with Crippen molar-refractivity contribution >= 4 is 0 Å². The van der Waals surface area contributed by atoms with E-state index in [1.54, 1.807) is 0 Å². The average molecular weight is 236 g/mol. The van der Waals surface area contributed by atoms with Crippen LogP contribution in [0.25, 0.3) is 0 Å². The number of nitrogens with one attached hydrogen (secondary N) is 1. The maximum Gasteiger partial charge on any atom is 0.0965 e. The molecule has 0 unspecified atom stereocenters. The highest BCUT2D eigenvalue weighted by Crippen LogP contribution is 2.31. The van der Waals surface area contributed by atoms with Gasteiger partial charge in [0.1, 0.15) is 0 Å². The van der Waals surface area contributed by atoms with Gasteiger partial charge in [0.2, 0.25) is 0 Å². The molecule has 0 amide bonds. The van der Waals surface area contributed by atoms with Gasteiger partial charge in [-0.3, -0.25) is 0 Å². The average Bonchev–Trinajstić information content (AvgIpc) is 2.76. The minimum absolute atomic E-state index is 0.496. The Kier molecular flexibility index (Phi) is 4.15. The molecule has 1 heterocycles. The zero-order chi connectivity index (χ0) is 12.3. The third-order valence-corrected chi connectivity index (χ3v) is 3.61. The van der Waals surface area contributed by atoms with Gasteiger partial charge in [-0.25, -0.2) is 4.68 Å². The molecule has 0 aliphatic heterocycles. The minimum Gasteiger partial charge on any atom is -0.309 e. The molecule has 1 aromatic rings. The summed E-state index contributed by atoms with van der Waals surface area (Å²) in [5, 5.41) is 11.9. The molecule has 1 fully saturated rings. The van der Waals surface area contributed by atoms with E-state index < -0.39 is 0 Å². The van der Waals surface area contributed by atoms with Crippen LogP contribution in [-0.4, -0.2) is 21.0 Å². The van der Waals surface area contributed by atoms with E-state index in [-0.39, 0.29) is 0 Å². The van der Waals surface area contributed by atoms with Crippen molar-refractivity contribution in [1.82, 2.24) is 20.3 Å². The number of hydrogen-bond donors (Lipinski definition) is 1. The molecule has 4 heteroatoms. The summed E-state index contributed by atoms with van der Waals surface area (Å²) in [4.78, 5) is 0. The fraction of sp³-hybridized carbons (Fsp3) is 0.846. The number of aromatic nitrogens is 3. The smallest absolute Gasteiger partial charge is 0.0965 e. The summed E-state index contributed by atoms with van der Waals surface area (Å²) < 4.78 is 2.07. The summed E-state index contributed by atoms with van der Waals surface area (Å²) in [6.07, 6.45) is 7.26. The van der Waals surface area contributed by atoms with Gasteiger partial charge >= 0.3 is 0 Å². The van der Waals surface area contributed by atoms with Gasteiger partial charge in [-0.05, 0) is 31.6 Å². The van der Waals surface area contributed by atoms with Crippen LogP contribution < -0.4 is 5.32 Å². The van der Waals surface area contributed by atoms with Crippen LogP contribution >= 0.6 is 0 Å². The van der Waals surface area contributed by atoms with Crippen molar-refractivity contribution in [2.24, 2.45) is 5.92 Å². The van der Waals surface area contributed by atoms with Crippen LogP contribution in [0.3, 0.4) is 0 Å². The SMILES string of the molecule is CC1CCC(n2cc(CNC(C)C)nn2)CC1. The van der Waals surface area contributed by atoms with Gasteiger partial charge in [0.05, 0.1) is 17.9 Å². The van der Waals surface area contributed by atoms with Gasteiger partial charge in [-0.2, -0.15) is 0 Å². The Morgan fingerprint density at radius 1 is 1.35 bits per heavy atom. The highest BCUT2D eigenvalue weighted by atomic mass is 15.4. The molecule has 4 nitrogen and oxygen atoms in total. The van der Waals surface area contributed by atoms with E-state index in [0.717, 1.165) is 18.2 Å². The lowest BCUT2D eigenvalue weighted by molar-refractivity contribution is 0.270. The first kappa shape index (κ1) is 12.6. The molecular formula is C13H24N4. The molecule has 0 bridgehead atoms. The lowest BCUT2D eigenvalue weighted by atomic mass is 9.87. The summed E-state index contributed by atoms with van der Waals surface area (Å²) in [6.45, 7) is 7.45. The molecule has 1 N–H and O–H groups in total. The van der Waals surface area contributed by atoms with Crippen LogP contribution in [-0.2, 0) is 6.54 Å². The van der Waals surface area contributed by atoms with Crippen molar-refractivity contribution < 1.29 is 0 Å². The molecule has 0 spiro atoms. The first-order chi connectivity index (χ1) is 8.15. The van der Waals surface area contributed by atoms with Gasteiger partial charge in [0.15, 0.2) is 0 Å². The van der Waals surface area contributed by atoms with Crippen molar-refractivity contribution in [2.45, 2.75) is 65.1 Å². The van der Waals surface area contributed by atoms with Gasteiger partial charge in [-0.15, -0.1) is 5.10 Å². The maximum atomic E-state index is 4.27. The van der Waals surface area contributed by atoms with E-state index in [2.05, 4.69) is 47.3 Å². The quantitative estimate of drug-likeness (QED) is 0.873. The van der Waals surface area contributed by atoms with Crippen LogP contribution in [0.1, 0.15) is 58.2 Å². The van der Waals surface area contributed by atoms with E-state index in [1.165, 1.54) is 25.7 Å². The summed E-state index contributed by atoms with van der Waals surface area (Å²) in [6, 6.07) is 1.07. The maximum absolute atomic E-state index is 4.27. The van der Waals surface area contributed by atoms with E-state index >= 15 is 0 Å². The second-order valence-corrected chi connectivity index (χ2v) is 5.64. The van der Waals surface area contributed by atoms with Crippen molar-refractivity contribution in [3.05, 3.63) is 11.9 Å². The lowest BCUT2D eigenvalue weighted by Gasteiger charge is -2.25. The Labute approximate surface area is 104 Å². The normalized spacial score (nSPS) is 25.4. The lowest BCUT2D eigenvalue weighted by Crippen LogP contribution is -2.22. The zero-order valence-electron chi connectivity index (χ0n) is 11.2. The monoisotopic (exact) mass is 236 g/mol. The Hall–Kier alpha value is -0.900. The van der Waals surface area contributed by atoms with Crippen molar-refractivity contribution in [1.29, 1.82) is 0 Å². The molecule has 1 saturated carbocycles. The highest BCUT2D eigenvalue weighted by molar-refractivity contribution is 4.93. The second kappa shape index (κ2) is 5.63. The fourth-order valence-corrected chi connectivity index (χ4v) is 2.39. The van der Waals surface area contributed by atoms with Crippen molar-refractivity contribution in [2.75, 3.05) is 0 Å². The molecule has 0 atom stereocenters. The summed E-state index contributed by atoms with van der Waals surface area (Å²) in [5.74, 6) is 0.886. The summed E-state index contributed by atoms with van der Waals surface area (Å²) in [5.41, 5.74) is 1.05. The molecule has 0 saturated heterocycles. The van der Waals surface area contributed by atoms with Crippen LogP contribution in [0.5, 0.6) is 0 Å². The first-order valence-electron chi connectivity index (χ1n) is 6.79. The second-order valence-electron chi connectivity index (χ2n) is 5.64. The van der Waals surface area contributed by atoms with Gasteiger partial charge in [-0.1, -0.05) is 26.0 Å². The third-order valence-electron chi connectivity index (χ3n) is 3.61. The molecule has 96 valence electrons. The van der Waals surface area contributed by atoms with Crippen LogP contribution in [0.15, 0.2) is 6.20 Å². The molecule has 1 aliphatic rings. The predicted molar refractivity (Wildman–Crippen MR) is 68.7 cm³/mol. The van der Waals surface area contributed by atoms with Crippen molar-refractivity contribution in [3.8, 4) is 0 Å². The molecule has 1 aliphatic carbocycles. The van der Waals surface area contributed by atoms with Crippen LogP contribution in [0, 0.1) is 5.92 Å². The van der Waals surface area contributed by atoms with E-state index in [9.17, 15) is 0 Å². The number of nitrogens with zero attached hydrogens (tertiary/aromatic N) is 3. The Balaban J connectivity index is 1.89. The summed E-state index contributed by atoms with van der Waals surface area (Å²) >= 11 is 0.